The van der Waals surface area contributed by atoms with Gasteiger partial charge in [-0.3, -0.25) is 4.79 Å². The number of hydrogen-bond acceptors (Lipinski definition) is 4. The molecule has 0 aliphatic heterocycles. The molecule has 2 saturated carbocycles. The van der Waals surface area contributed by atoms with E-state index in [1.807, 2.05) is 12.1 Å². The smallest absolute Gasteiger partial charge is 0.167 e. The van der Waals surface area contributed by atoms with Crippen molar-refractivity contribution in [3.05, 3.63) is 35.1 Å². The molecule has 0 heterocycles. The molecule has 0 aromatic heterocycles. The van der Waals surface area contributed by atoms with E-state index in [2.05, 4.69) is 6.07 Å². The van der Waals surface area contributed by atoms with Gasteiger partial charge in [-0.25, -0.2) is 0 Å². The van der Waals surface area contributed by atoms with Crippen LogP contribution in [0.2, 0.25) is 0 Å². The number of aliphatic hydroxyl groups is 1. The molecule has 25 heavy (non-hydrogen) atoms. The van der Waals surface area contributed by atoms with Crippen molar-refractivity contribution in [2.24, 2.45) is 5.41 Å². The molecule has 3 aliphatic rings. The molecular weight excluding hydrogens is 316 g/mol. The Hall–Kier alpha value is -1.81. The van der Waals surface area contributed by atoms with Crippen LogP contribution in [0.3, 0.4) is 0 Å². The van der Waals surface area contributed by atoms with Gasteiger partial charge in [0.25, 0.3) is 0 Å². The molecule has 4 rings (SSSR count). The topological polar surface area (TPSA) is 55.8 Å². The van der Waals surface area contributed by atoms with Gasteiger partial charge in [-0.15, -0.1) is 0 Å². The maximum absolute atomic E-state index is 12.9. The van der Waals surface area contributed by atoms with Crippen LogP contribution in [0.5, 0.6) is 5.75 Å². The summed E-state index contributed by atoms with van der Waals surface area (Å²) in [6, 6.07) is 5.94. The van der Waals surface area contributed by atoms with Crippen LogP contribution in [0.1, 0.15) is 62.0 Å². The van der Waals surface area contributed by atoms with Gasteiger partial charge in [0.1, 0.15) is 11.5 Å². The molecule has 0 atom stereocenters. The van der Waals surface area contributed by atoms with Gasteiger partial charge < -0.3 is 14.6 Å². The van der Waals surface area contributed by atoms with Crippen molar-refractivity contribution in [1.82, 2.24) is 0 Å². The van der Waals surface area contributed by atoms with E-state index in [1.165, 1.54) is 5.56 Å². The van der Waals surface area contributed by atoms with Crippen molar-refractivity contribution in [2.45, 2.75) is 57.0 Å². The number of aliphatic hydroxyl groups excluding tert-OH is 1. The van der Waals surface area contributed by atoms with Crippen LogP contribution in [0.15, 0.2) is 24.0 Å². The molecule has 0 unspecified atom stereocenters. The van der Waals surface area contributed by atoms with Crippen LogP contribution >= 0.6 is 0 Å². The molecule has 1 aromatic rings. The highest BCUT2D eigenvalue weighted by atomic mass is 16.5. The molecular formula is C21H26O4. The SMILES string of the molecule is COc1ccc(C2CC2)c(C2=C(O)C3(CCC(OC)CC3)CC2=O)c1. The van der Waals surface area contributed by atoms with Gasteiger partial charge in [0, 0.05) is 18.9 Å². The van der Waals surface area contributed by atoms with Gasteiger partial charge >= 0.3 is 0 Å². The number of carbonyl (C=O) groups excluding carboxylic acids is 1. The monoisotopic (exact) mass is 342 g/mol. The largest absolute Gasteiger partial charge is 0.511 e. The van der Waals surface area contributed by atoms with E-state index >= 15 is 0 Å². The summed E-state index contributed by atoms with van der Waals surface area (Å²) in [6.07, 6.45) is 6.40. The molecule has 2 fully saturated rings. The summed E-state index contributed by atoms with van der Waals surface area (Å²) in [7, 11) is 3.37. The fourth-order valence-electron chi connectivity index (χ4n) is 4.58. The normalized spacial score (nSPS) is 29.5. The third-order valence-electron chi connectivity index (χ3n) is 6.29. The lowest BCUT2D eigenvalue weighted by molar-refractivity contribution is -0.115. The first-order valence-electron chi connectivity index (χ1n) is 9.26. The van der Waals surface area contributed by atoms with E-state index in [1.54, 1.807) is 14.2 Å². The highest BCUT2D eigenvalue weighted by Gasteiger charge is 2.48. The molecule has 0 radical (unpaired) electrons. The predicted octanol–water partition coefficient (Wildman–Crippen LogP) is 4.39. The lowest BCUT2D eigenvalue weighted by Crippen LogP contribution is -2.31. The maximum atomic E-state index is 12.9. The summed E-state index contributed by atoms with van der Waals surface area (Å²) in [6.45, 7) is 0. The summed E-state index contributed by atoms with van der Waals surface area (Å²) in [5.41, 5.74) is 2.22. The lowest BCUT2D eigenvalue weighted by atomic mass is 9.71. The van der Waals surface area contributed by atoms with Gasteiger partial charge in [0.2, 0.25) is 0 Å². The van der Waals surface area contributed by atoms with Crippen LogP contribution in [0.25, 0.3) is 5.57 Å². The number of methoxy groups -OCH3 is 2. The Morgan fingerprint density at radius 1 is 1.12 bits per heavy atom. The van der Waals surface area contributed by atoms with Gasteiger partial charge in [0.15, 0.2) is 5.78 Å². The summed E-state index contributed by atoms with van der Waals surface area (Å²) in [4.78, 5) is 12.9. The van der Waals surface area contributed by atoms with Gasteiger partial charge in [-0.05, 0) is 67.7 Å². The summed E-state index contributed by atoms with van der Waals surface area (Å²) in [5.74, 6) is 1.62. The molecule has 4 nitrogen and oxygen atoms in total. The van der Waals surface area contributed by atoms with Crippen LogP contribution in [-0.4, -0.2) is 31.2 Å². The average Bonchev–Trinajstić information content (AvgIpc) is 3.44. The van der Waals surface area contributed by atoms with Gasteiger partial charge in [-0.2, -0.15) is 0 Å². The zero-order valence-corrected chi connectivity index (χ0v) is 15.0. The first-order valence-corrected chi connectivity index (χ1v) is 9.26. The number of hydrogen-bond donors (Lipinski definition) is 1. The highest BCUT2D eigenvalue weighted by Crippen LogP contribution is 2.54. The fourth-order valence-corrected chi connectivity index (χ4v) is 4.58. The first-order chi connectivity index (χ1) is 12.1. The lowest BCUT2D eigenvalue weighted by Gasteiger charge is -2.36. The highest BCUT2D eigenvalue weighted by molar-refractivity contribution is 6.24. The van der Waals surface area contributed by atoms with Gasteiger partial charge in [0.05, 0.1) is 18.8 Å². The van der Waals surface area contributed by atoms with Crippen molar-refractivity contribution in [2.75, 3.05) is 14.2 Å². The average molecular weight is 342 g/mol. The Morgan fingerprint density at radius 2 is 1.84 bits per heavy atom. The number of Topliss-reactive ketones (excluding diaryl/α,β-unsaturated/α-hetero) is 1. The Morgan fingerprint density at radius 3 is 2.44 bits per heavy atom. The molecule has 4 heteroatoms. The number of carbonyl (C=O) groups is 1. The van der Waals surface area contributed by atoms with Crippen molar-refractivity contribution < 1.29 is 19.4 Å². The number of ether oxygens (including phenoxy) is 2. The Labute approximate surface area is 148 Å². The quantitative estimate of drug-likeness (QED) is 0.882. The van der Waals surface area contributed by atoms with Crippen LogP contribution in [0, 0.1) is 5.41 Å². The molecule has 0 bridgehead atoms. The fraction of sp³-hybridized carbons (Fsp3) is 0.571. The van der Waals surface area contributed by atoms with E-state index in [0.29, 0.717) is 23.7 Å². The third-order valence-corrected chi connectivity index (χ3v) is 6.29. The van der Waals surface area contributed by atoms with E-state index in [-0.39, 0.29) is 17.3 Å². The standard InChI is InChI=1S/C21H26O4/c1-24-14-7-9-21(10-8-14)12-18(22)19(20(21)23)17-11-15(25-2)5-6-16(17)13-3-4-13/h5-6,11,13-14,23H,3-4,7-10,12H2,1-2H3. The van der Waals surface area contributed by atoms with E-state index in [4.69, 9.17) is 9.47 Å². The maximum Gasteiger partial charge on any atom is 0.167 e. The Kier molecular flexibility index (Phi) is 4.11. The zero-order valence-electron chi connectivity index (χ0n) is 15.0. The van der Waals surface area contributed by atoms with E-state index in [9.17, 15) is 9.90 Å². The number of ketones is 1. The molecule has 134 valence electrons. The Bertz CT molecular complexity index is 721. The molecule has 1 aromatic carbocycles. The molecule has 1 spiro atoms. The molecule has 0 amide bonds. The van der Waals surface area contributed by atoms with Crippen molar-refractivity contribution >= 4 is 11.4 Å². The molecule has 3 aliphatic carbocycles. The van der Waals surface area contributed by atoms with Crippen LogP contribution in [-0.2, 0) is 9.53 Å². The Balaban J connectivity index is 1.75. The number of benzene rings is 1. The van der Waals surface area contributed by atoms with Crippen molar-refractivity contribution in [3.8, 4) is 5.75 Å². The van der Waals surface area contributed by atoms with E-state index < -0.39 is 0 Å². The van der Waals surface area contributed by atoms with Crippen LogP contribution in [0.4, 0.5) is 0 Å². The van der Waals surface area contributed by atoms with Crippen molar-refractivity contribution in [3.63, 3.8) is 0 Å². The second-order valence-electron chi connectivity index (χ2n) is 7.77. The van der Waals surface area contributed by atoms with Gasteiger partial charge in [-0.1, -0.05) is 6.07 Å². The zero-order chi connectivity index (χ0) is 17.6. The minimum absolute atomic E-state index is 0.0727. The molecule has 0 saturated heterocycles. The van der Waals surface area contributed by atoms with E-state index in [0.717, 1.165) is 49.8 Å². The minimum atomic E-state index is -0.384. The van der Waals surface area contributed by atoms with Crippen molar-refractivity contribution in [1.29, 1.82) is 0 Å². The molecule has 1 N–H and O–H groups in total. The number of rotatable bonds is 4. The second-order valence-corrected chi connectivity index (χ2v) is 7.77. The van der Waals surface area contributed by atoms with Crippen LogP contribution < -0.4 is 4.74 Å². The predicted molar refractivity (Wildman–Crippen MR) is 95.8 cm³/mol. The second kappa shape index (κ2) is 6.17. The first kappa shape index (κ1) is 16.6. The summed E-state index contributed by atoms with van der Waals surface area (Å²) in [5, 5.41) is 11.1. The summed E-state index contributed by atoms with van der Waals surface area (Å²) < 4.78 is 10.8. The third kappa shape index (κ3) is 2.77. The summed E-state index contributed by atoms with van der Waals surface area (Å²) >= 11 is 0. The number of allylic oxidation sites excluding steroid dienone is 2. The minimum Gasteiger partial charge on any atom is -0.511 e.